The molecule has 0 aromatic carbocycles. The molecule has 2 aliphatic rings. The van der Waals surface area contributed by atoms with Crippen LogP contribution in [0.1, 0.15) is 36.9 Å². The molecule has 8 nitrogen and oxygen atoms in total. The second-order valence-electron chi connectivity index (χ2n) is 7.32. The maximum atomic E-state index is 12.7. The molecule has 2 saturated heterocycles. The minimum Gasteiger partial charge on any atom is -0.395 e. The molecule has 1 spiro atoms. The van der Waals surface area contributed by atoms with Gasteiger partial charge in [0.15, 0.2) is 0 Å². The summed E-state index contributed by atoms with van der Waals surface area (Å²) in [5.74, 6) is 0.0375. The molecule has 1 atom stereocenters. The van der Waals surface area contributed by atoms with Gasteiger partial charge in [0, 0.05) is 49.3 Å². The second kappa shape index (κ2) is 7.03. The van der Waals surface area contributed by atoms with E-state index in [4.69, 9.17) is 5.11 Å². The van der Waals surface area contributed by atoms with Crippen LogP contribution < -0.4 is 5.56 Å². The highest BCUT2D eigenvalue weighted by Gasteiger charge is 2.42. The van der Waals surface area contributed by atoms with Crippen LogP contribution in [0.5, 0.6) is 0 Å². The predicted octanol–water partition coefficient (Wildman–Crippen LogP) is -0.223. The van der Waals surface area contributed by atoms with Gasteiger partial charge in [0.05, 0.1) is 13.0 Å². The lowest BCUT2D eigenvalue weighted by molar-refractivity contribution is -0.143. The Bertz CT molecular complexity index is 710. The summed E-state index contributed by atoms with van der Waals surface area (Å²) in [6, 6.07) is 0. The second-order valence-corrected chi connectivity index (χ2v) is 7.32. The van der Waals surface area contributed by atoms with Crippen LogP contribution in [0, 0.1) is 12.3 Å². The van der Waals surface area contributed by atoms with E-state index in [1.165, 1.54) is 0 Å². The molecule has 1 aromatic heterocycles. The van der Waals surface area contributed by atoms with Crippen molar-refractivity contribution in [2.75, 3.05) is 32.8 Å². The smallest absolute Gasteiger partial charge is 0.267 e. The number of nitrogens with one attached hydrogen (secondary N) is 2. The first kappa shape index (κ1) is 17.7. The van der Waals surface area contributed by atoms with Crippen LogP contribution in [0.3, 0.4) is 0 Å². The summed E-state index contributed by atoms with van der Waals surface area (Å²) in [5.41, 5.74) is 0.860. The number of carbonyl (C=O) groups excluding carboxylic acids is 2. The van der Waals surface area contributed by atoms with E-state index in [9.17, 15) is 14.4 Å². The number of aryl methyl sites for hydroxylation is 1. The number of hydrogen-bond donors (Lipinski definition) is 3. The third-order valence-electron chi connectivity index (χ3n) is 5.55. The third-order valence-corrected chi connectivity index (χ3v) is 5.55. The summed E-state index contributed by atoms with van der Waals surface area (Å²) < 4.78 is 0. The van der Waals surface area contributed by atoms with Crippen LogP contribution in [-0.2, 0) is 16.0 Å². The molecule has 0 bridgehead atoms. The molecule has 25 heavy (non-hydrogen) atoms. The molecule has 3 heterocycles. The average molecular weight is 350 g/mol. The Labute approximate surface area is 146 Å². The number of aromatic nitrogens is 2. The number of aliphatic hydroxyl groups is 1. The molecule has 2 fully saturated rings. The van der Waals surface area contributed by atoms with Crippen LogP contribution in [0.4, 0.5) is 0 Å². The van der Waals surface area contributed by atoms with Crippen molar-refractivity contribution in [1.82, 2.24) is 20.0 Å². The Balaban J connectivity index is 1.69. The van der Waals surface area contributed by atoms with Gasteiger partial charge in [-0.1, -0.05) is 0 Å². The average Bonchev–Trinajstić information content (AvgIpc) is 2.91. The fourth-order valence-electron chi connectivity index (χ4n) is 4.13. The van der Waals surface area contributed by atoms with Crippen LogP contribution in [0.25, 0.3) is 0 Å². The molecular formula is C17H26N4O4. The van der Waals surface area contributed by atoms with Gasteiger partial charge in [0.25, 0.3) is 5.56 Å². The zero-order chi connectivity index (χ0) is 18.0. The van der Waals surface area contributed by atoms with Crippen molar-refractivity contribution in [1.29, 1.82) is 0 Å². The number of aliphatic hydroxyl groups excluding tert-OH is 1. The number of hydrogen-bond acceptors (Lipinski definition) is 4. The van der Waals surface area contributed by atoms with Gasteiger partial charge in [-0.05, 0) is 26.2 Å². The van der Waals surface area contributed by atoms with Crippen molar-refractivity contribution in [2.45, 2.75) is 39.0 Å². The molecule has 0 unspecified atom stereocenters. The van der Waals surface area contributed by atoms with E-state index in [0.29, 0.717) is 43.9 Å². The fourth-order valence-corrected chi connectivity index (χ4v) is 4.13. The molecule has 0 radical (unpaired) electrons. The molecule has 3 N–H and O–H groups in total. The SMILES string of the molecule is Cc1[nH][nH]c(=O)c1CC(=O)N1CCC[C@@]2(CCC(=O)N(CCO)C2)C1. The Morgan fingerprint density at radius 2 is 2.04 bits per heavy atom. The number of nitrogens with zero attached hydrogens (tertiary/aromatic N) is 2. The lowest BCUT2D eigenvalue weighted by Crippen LogP contribution is -2.55. The van der Waals surface area contributed by atoms with E-state index in [0.717, 1.165) is 19.3 Å². The molecule has 1 aromatic rings. The van der Waals surface area contributed by atoms with E-state index >= 15 is 0 Å². The number of piperidine rings is 2. The summed E-state index contributed by atoms with van der Waals surface area (Å²) in [6.45, 7) is 3.99. The van der Waals surface area contributed by atoms with E-state index < -0.39 is 0 Å². The van der Waals surface area contributed by atoms with Gasteiger partial charge < -0.3 is 20.0 Å². The quantitative estimate of drug-likeness (QED) is 0.697. The van der Waals surface area contributed by atoms with Gasteiger partial charge in [-0.25, -0.2) is 0 Å². The van der Waals surface area contributed by atoms with Crippen molar-refractivity contribution in [3.8, 4) is 0 Å². The Morgan fingerprint density at radius 3 is 2.72 bits per heavy atom. The number of carbonyl (C=O) groups is 2. The molecule has 2 amide bonds. The van der Waals surface area contributed by atoms with E-state index in [-0.39, 0.29) is 35.8 Å². The maximum absolute atomic E-state index is 12.7. The van der Waals surface area contributed by atoms with Crippen molar-refractivity contribution in [2.24, 2.45) is 5.41 Å². The first-order valence-electron chi connectivity index (χ1n) is 8.87. The molecule has 2 aliphatic heterocycles. The first-order chi connectivity index (χ1) is 11.9. The van der Waals surface area contributed by atoms with Crippen LogP contribution in [-0.4, -0.2) is 69.7 Å². The number of rotatable bonds is 4. The zero-order valence-corrected chi connectivity index (χ0v) is 14.6. The first-order valence-corrected chi connectivity index (χ1v) is 8.87. The Hall–Kier alpha value is -2.09. The van der Waals surface area contributed by atoms with Gasteiger partial charge in [-0.15, -0.1) is 0 Å². The van der Waals surface area contributed by atoms with Gasteiger partial charge in [0.1, 0.15) is 0 Å². The highest BCUT2D eigenvalue weighted by molar-refractivity contribution is 5.79. The lowest BCUT2D eigenvalue weighted by atomic mass is 9.73. The standard InChI is InChI=1S/C17H26N4O4/c1-12-13(16(25)19-18-12)9-15(24)20-6-2-4-17(10-20)5-3-14(23)21(11-17)7-8-22/h22H,2-11H2,1H3,(H2,18,19,25)/t17-/m1/s1. The van der Waals surface area contributed by atoms with Crippen molar-refractivity contribution in [3.05, 3.63) is 21.6 Å². The van der Waals surface area contributed by atoms with Crippen LogP contribution in [0.2, 0.25) is 0 Å². The van der Waals surface area contributed by atoms with Gasteiger partial charge in [-0.3, -0.25) is 19.5 Å². The molecule has 8 heteroatoms. The zero-order valence-electron chi connectivity index (χ0n) is 14.6. The van der Waals surface area contributed by atoms with Gasteiger partial charge in [0.2, 0.25) is 11.8 Å². The summed E-state index contributed by atoms with van der Waals surface area (Å²) in [5, 5.41) is 14.4. The number of amides is 2. The predicted molar refractivity (Wildman–Crippen MR) is 91.0 cm³/mol. The number of aromatic amines is 2. The van der Waals surface area contributed by atoms with E-state index in [2.05, 4.69) is 10.2 Å². The van der Waals surface area contributed by atoms with Gasteiger partial charge >= 0.3 is 0 Å². The minimum absolute atomic E-state index is 0.0417. The molecule has 0 aliphatic carbocycles. The van der Waals surface area contributed by atoms with Crippen LogP contribution >= 0.6 is 0 Å². The molecule has 3 rings (SSSR count). The Kier molecular flexibility index (Phi) is 4.99. The summed E-state index contributed by atoms with van der Waals surface area (Å²) in [7, 11) is 0. The van der Waals surface area contributed by atoms with E-state index in [1.807, 2.05) is 4.90 Å². The van der Waals surface area contributed by atoms with Crippen LogP contribution in [0.15, 0.2) is 4.79 Å². The number of β-amino-alcohol motifs (C(OH)–C–C–N with tert-alkyl or cyclic N) is 1. The van der Waals surface area contributed by atoms with Crippen molar-refractivity contribution < 1.29 is 14.7 Å². The summed E-state index contributed by atoms with van der Waals surface area (Å²) in [6.07, 6.45) is 3.23. The number of likely N-dealkylation sites (tertiary alicyclic amines) is 2. The molecular weight excluding hydrogens is 324 g/mol. The lowest BCUT2D eigenvalue weighted by Gasteiger charge is -2.48. The highest BCUT2D eigenvalue weighted by atomic mass is 16.3. The maximum Gasteiger partial charge on any atom is 0.267 e. The largest absolute Gasteiger partial charge is 0.395 e. The minimum atomic E-state index is -0.241. The van der Waals surface area contributed by atoms with Crippen molar-refractivity contribution in [3.63, 3.8) is 0 Å². The summed E-state index contributed by atoms with van der Waals surface area (Å²) >= 11 is 0. The normalized spacial score (nSPS) is 24.2. The number of H-pyrrole nitrogens is 2. The van der Waals surface area contributed by atoms with Crippen molar-refractivity contribution >= 4 is 11.8 Å². The summed E-state index contributed by atoms with van der Waals surface area (Å²) in [4.78, 5) is 40.0. The topological polar surface area (TPSA) is 110 Å². The van der Waals surface area contributed by atoms with E-state index in [1.54, 1.807) is 11.8 Å². The Morgan fingerprint density at radius 1 is 1.24 bits per heavy atom. The van der Waals surface area contributed by atoms with Gasteiger partial charge in [-0.2, -0.15) is 0 Å². The molecule has 138 valence electrons. The third kappa shape index (κ3) is 3.63. The fraction of sp³-hybridized carbons (Fsp3) is 0.706. The highest BCUT2D eigenvalue weighted by Crippen LogP contribution is 2.38. The molecule has 0 saturated carbocycles. The monoisotopic (exact) mass is 350 g/mol.